The van der Waals surface area contributed by atoms with E-state index in [0.717, 1.165) is 21.6 Å². The molecule has 0 saturated carbocycles. The van der Waals surface area contributed by atoms with Crippen molar-refractivity contribution >= 4 is 52.6 Å². The van der Waals surface area contributed by atoms with E-state index in [1.54, 1.807) is 103 Å². The molecule has 8 rings (SSSR count). The zero-order valence-corrected chi connectivity index (χ0v) is 34.7. The highest BCUT2D eigenvalue weighted by molar-refractivity contribution is 6.42. The van der Waals surface area contributed by atoms with Crippen LogP contribution in [0.2, 0.25) is 10.0 Å². The van der Waals surface area contributed by atoms with E-state index >= 15 is 8.78 Å². The van der Waals surface area contributed by atoms with Crippen molar-refractivity contribution in [2.75, 3.05) is 5.32 Å². The number of ether oxygens (including phenoxy) is 2. The number of benzene rings is 6. The summed E-state index contributed by atoms with van der Waals surface area (Å²) >= 11 is 12.1. The predicted molar refractivity (Wildman–Crippen MR) is 229 cm³/mol. The lowest BCUT2D eigenvalue weighted by molar-refractivity contribution is -0.142. The van der Waals surface area contributed by atoms with Crippen LogP contribution in [0.5, 0.6) is 11.5 Å². The molecule has 0 bridgehead atoms. The van der Waals surface area contributed by atoms with Crippen molar-refractivity contribution in [2.24, 2.45) is 0 Å². The number of amides is 3. The summed E-state index contributed by atoms with van der Waals surface area (Å²) in [6.07, 6.45) is -1.55. The van der Waals surface area contributed by atoms with Crippen LogP contribution < -0.4 is 20.1 Å². The maximum atomic E-state index is 15.1. The molecule has 2 heterocycles. The van der Waals surface area contributed by atoms with Crippen molar-refractivity contribution in [3.05, 3.63) is 182 Å². The number of carboxylic acid groups (broad SMARTS) is 1. The Morgan fingerprint density at radius 2 is 1.52 bits per heavy atom. The average Bonchev–Trinajstić information content (AvgIpc) is 3.28. The number of nitriles is 1. The molecule has 11 nitrogen and oxygen atoms in total. The summed E-state index contributed by atoms with van der Waals surface area (Å²) in [5.41, 5.74) is 3.95. The number of carbonyl (C=O) groups excluding carboxylic acids is 3. The van der Waals surface area contributed by atoms with Crippen molar-refractivity contribution in [1.82, 2.24) is 10.2 Å². The van der Waals surface area contributed by atoms with Gasteiger partial charge in [0.25, 0.3) is 11.8 Å². The Hall–Kier alpha value is -7.34. The van der Waals surface area contributed by atoms with Gasteiger partial charge >= 0.3 is 5.97 Å². The third-order valence-corrected chi connectivity index (χ3v) is 11.6. The Bertz CT molecular complexity index is 2850. The average molecular weight is 906 g/mol. The Morgan fingerprint density at radius 3 is 2.16 bits per heavy atom. The van der Waals surface area contributed by atoms with Crippen molar-refractivity contribution in [2.45, 2.75) is 44.2 Å². The maximum Gasteiger partial charge on any atom is 0.326 e. The van der Waals surface area contributed by atoms with Gasteiger partial charge in [0.15, 0.2) is 0 Å². The molecule has 3 amide bonds. The van der Waals surface area contributed by atoms with Gasteiger partial charge in [0, 0.05) is 37.1 Å². The highest BCUT2D eigenvalue weighted by atomic mass is 35.5. The van der Waals surface area contributed by atoms with Gasteiger partial charge in [-0.05, 0) is 81.9 Å². The van der Waals surface area contributed by atoms with E-state index in [9.17, 15) is 28.7 Å². The van der Waals surface area contributed by atoms with Crippen molar-refractivity contribution in [3.8, 4) is 28.7 Å². The second kappa shape index (κ2) is 18.2. The minimum Gasteiger partial charge on any atom is -0.489 e. The molecular weight excluding hydrogens is 872 g/mol. The molecule has 3 N–H and O–H groups in total. The van der Waals surface area contributed by atoms with Crippen molar-refractivity contribution < 1.29 is 46.9 Å². The first kappa shape index (κ1) is 43.3. The Morgan fingerprint density at radius 1 is 0.859 bits per heavy atom. The normalized spacial score (nSPS) is 15.7. The molecule has 0 radical (unpaired) electrons. The topological polar surface area (TPSA) is 158 Å². The smallest absolute Gasteiger partial charge is 0.326 e. The number of rotatable bonds is 11. The number of anilines is 1. The summed E-state index contributed by atoms with van der Waals surface area (Å²) in [4.78, 5) is 55.0. The standard InChI is InChI=1S/C48H33Cl2F3N4O7/c49-35-14-5-27(15-36(35)50)24-63-34-12-10-30(11-13-34)44-46(59)55-39-17-31-18-41(57(23-32(31)19-42(39)64-44)47(60)43-37(52)20-33(51)21-38(43)53)45(58)56-40(48(61)62)16-25-1-6-28(7-2-25)29-8-3-26(22-54)4-9-29/h1-15,17,19-21,40-41,44H,16,18,23-24H2,(H,55,59)(H,56,58)(H,61,62)/t40?,41-,44-/m0/s1. The molecule has 0 aliphatic carbocycles. The van der Waals surface area contributed by atoms with Gasteiger partial charge in [0.05, 0.1) is 27.4 Å². The third-order valence-electron chi connectivity index (χ3n) is 10.9. The van der Waals surface area contributed by atoms with Crippen LogP contribution >= 0.6 is 23.2 Å². The monoisotopic (exact) mass is 904 g/mol. The fourth-order valence-corrected chi connectivity index (χ4v) is 7.88. The predicted octanol–water partition coefficient (Wildman–Crippen LogP) is 8.98. The summed E-state index contributed by atoms with van der Waals surface area (Å²) in [7, 11) is 0. The van der Waals surface area contributed by atoms with Crippen LogP contribution in [0.1, 0.15) is 49.8 Å². The van der Waals surface area contributed by atoms with Gasteiger partial charge < -0.3 is 30.1 Å². The first-order chi connectivity index (χ1) is 30.7. The molecule has 2 aliphatic heterocycles. The lowest BCUT2D eigenvalue weighted by Crippen LogP contribution is -2.56. The zero-order chi connectivity index (χ0) is 45.2. The number of aliphatic carboxylic acids is 1. The summed E-state index contributed by atoms with van der Waals surface area (Å²) in [5.74, 6) is -7.65. The van der Waals surface area contributed by atoms with E-state index in [0.29, 0.717) is 55.7 Å². The van der Waals surface area contributed by atoms with Crippen LogP contribution in [-0.4, -0.2) is 45.8 Å². The van der Waals surface area contributed by atoms with Gasteiger partial charge in [-0.1, -0.05) is 77.8 Å². The highest BCUT2D eigenvalue weighted by Gasteiger charge is 2.40. The first-order valence-electron chi connectivity index (χ1n) is 19.6. The number of nitrogens with zero attached hydrogens (tertiary/aromatic N) is 2. The fourth-order valence-electron chi connectivity index (χ4n) is 7.56. The molecule has 0 aromatic heterocycles. The van der Waals surface area contributed by atoms with E-state index in [1.165, 1.54) is 0 Å². The summed E-state index contributed by atoms with van der Waals surface area (Å²) in [5, 5.41) is 25.4. The molecule has 6 aromatic rings. The van der Waals surface area contributed by atoms with Gasteiger partial charge in [-0.25, -0.2) is 18.0 Å². The highest BCUT2D eigenvalue weighted by Crippen LogP contribution is 2.40. The summed E-state index contributed by atoms with van der Waals surface area (Å²) in [6.45, 7) is -0.202. The Balaban J connectivity index is 1.02. The lowest BCUT2D eigenvalue weighted by atomic mass is 9.91. The molecule has 0 saturated heterocycles. The zero-order valence-electron chi connectivity index (χ0n) is 33.2. The largest absolute Gasteiger partial charge is 0.489 e. The van der Waals surface area contributed by atoms with Gasteiger partial charge in [0.1, 0.15) is 53.2 Å². The van der Waals surface area contributed by atoms with Crippen molar-refractivity contribution in [3.63, 3.8) is 0 Å². The molecule has 16 heteroatoms. The SMILES string of the molecule is N#Cc1ccc(-c2ccc(CC(NC(=O)[C@@H]3Cc4cc5c(cc4CN3C(=O)c3c(F)cc(F)cc3F)O[C@@H](c3ccc(OCc4ccc(Cl)c(Cl)c4)cc3)C(=O)N5)C(=O)O)cc2)cc1. The lowest BCUT2D eigenvalue weighted by Gasteiger charge is -2.37. The van der Waals surface area contributed by atoms with Crippen LogP contribution in [0.4, 0.5) is 18.9 Å². The van der Waals surface area contributed by atoms with E-state index < -0.39 is 71.4 Å². The van der Waals surface area contributed by atoms with E-state index in [-0.39, 0.29) is 30.9 Å². The summed E-state index contributed by atoms with van der Waals surface area (Å²) in [6, 6.07) is 28.4. The van der Waals surface area contributed by atoms with Gasteiger partial charge in [-0.15, -0.1) is 0 Å². The minimum atomic E-state index is -1.51. The quantitative estimate of drug-likeness (QED) is 0.116. The number of nitrogens with one attached hydrogen (secondary N) is 2. The Labute approximate surface area is 373 Å². The molecule has 3 atom stereocenters. The molecule has 6 aromatic carbocycles. The van der Waals surface area contributed by atoms with Crippen LogP contribution in [0.3, 0.4) is 0 Å². The van der Waals surface area contributed by atoms with Gasteiger partial charge in [-0.2, -0.15) is 5.26 Å². The number of carbonyl (C=O) groups is 4. The Kier molecular flexibility index (Phi) is 12.3. The molecule has 0 spiro atoms. The first-order valence-corrected chi connectivity index (χ1v) is 20.4. The molecule has 2 aliphatic rings. The minimum absolute atomic E-state index is 0.167. The third kappa shape index (κ3) is 9.22. The molecule has 0 fully saturated rings. The number of halogens is 5. The molecule has 1 unspecified atom stereocenters. The van der Waals surface area contributed by atoms with E-state index in [1.807, 2.05) is 0 Å². The summed E-state index contributed by atoms with van der Waals surface area (Å²) < 4.78 is 56.2. The van der Waals surface area contributed by atoms with Crippen LogP contribution in [-0.2, 0) is 40.4 Å². The number of hydrogen-bond acceptors (Lipinski definition) is 7. The fraction of sp³-hybridized carbons (Fsp3) is 0.146. The second-order valence-corrected chi connectivity index (χ2v) is 15.9. The molecular formula is C48H33Cl2F3N4O7. The van der Waals surface area contributed by atoms with E-state index in [4.69, 9.17) is 37.9 Å². The number of carboxylic acids is 1. The molecule has 322 valence electrons. The number of hydrogen-bond donors (Lipinski definition) is 3. The van der Waals surface area contributed by atoms with Gasteiger partial charge in [-0.3, -0.25) is 14.4 Å². The van der Waals surface area contributed by atoms with E-state index in [2.05, 4.69) is 16.7 Å². The van der Waals surface area contributed by atoms with Gasteiger partial charge in [0.2, 0.25) is 12.0 Å². The maximum absolute atomic E-state index is 15.1. The number of fused-ring (bicyclic) bond motifs is 2. The van der Waals surface area contributed by atoms with Crippen LogP contribution in [0.15, 0.2) is 115 Å². The van der Waals surface area contributed by atoms with Crippen molar-refractivity contribution in [1.29, 1.82) is 5.26 Å². The van der Waals surface area contributed by atoms with Crippen LogP contribution in [0, 0.1) is 28.8 Å². The molecule has 64 heavy (non-hydrogen) atoms. The second-order valence-electron chi connectivity index (χ2n) is 15.1. The van der Waals surface area contributed by atoms with Crippen LogP contribution in [0.25, 0.3) is 11.1 Å².